The van der Waals surface area contributed by atoms with Crippen LogP contribution in [0.4, 0.5) is 11.6 Å². The Kier molecular flexibility index (Phi) is 6.01. The predicted octanol–water partition coefficient (Wildman–Crippen LogP) is 3.66. The van der Waals surface area contributed by atoms with Crippen molar-refractivity contribution in [3.05, 3.63) is 39.7 Å². The van der Waals surface area contributed by atoms with Gasteiger partial charge in [0.25, 0.3) is 0 Å². The Balaban J connectivity index is 2.52. The molecular weight excluding hydrogens is 352 g/mol. The van der Waals surface area contributed by atoms with E-state index in [1.807, 2.05) is 19.9 Å². The summed E-state index contributed by atoms with van der Waals surface area (Å²) in [5, 5.41) is 20.8. The van der Waals surface area contributed by atoms with Crippen molar-refractivity contribution >= 4 is 28.9 Å². The number of nitrogens with zero attached hydrogens (tertiary/aromatic N) is 3. The van der Waals surface area contributed by atoms with Gasteiger partial charge < -0.3 is 21.2 Å². The van der Waals surface area contributed by atoms with Crippen LogP contribution in [0.1, 0.15) is 42.1 Å². The van der Waals surface area contributed by atoms with Crippen molar-refractivity contribution in [2.75, 3.05) is 18.2 Å². The molecule has 0 aliphatic carbocycles. The molecule has 0 bridgehead atoms. The molecule has 1 atom stereocenters. The van der Waals surface area contributed by atoms with E-state index < -0.39 is 0 Å². The third kappa shape index (κ3) is 3.70. The van der Waals surface area contributed by atoms with Crippen LogP contribution in [0.2, 0.25) is 5.02 Å². The van der Waals surface area contributed by atoms with Gasteiger partial charge in [-0.05, 0) is 32.4 Å². The highest BCUT2D eigenvalue weighted by molar-refractivity contribution is 6.31. The smallest absolute Gasteiger partial charge is 0.141 e. The third-order valence-electron chi connectivity index (χ3n) is 4.16. The van der Waals surface area contributed by atoms with E-state index in [9.17, 15) is 0 Å². The zero-order chi connectivity index (χ0) is 19.4. The Hall–Kier alpha value is -2.85. The van der Waals surface area contributed by atoms with Crippen molar-refractivity contribution in [2.24, 2.45) is 0 Å². The number of halogens is 1. The molecule has 1 aromatic carbocycles. The maximum atomic E-state index is 9.13. The van der Waals surface area contributed by atoms with Crippen LogP contribution in [-0.2, 0) is 6.42 Å². The second kappa shape index (κ2) is 8.02. The molecule has 2 rings (SSSR count). The molecule has 0 fully saturated rings. The van der Waals surface area contributed by atoms with Crippen LogP contribution in [-0.4, -0.2) is 22.8 Å². The second-order valence-corrected chi connectivity index (χ2v) is 6.30. The lowest BCUT2D eigenvalue weighted by Crippen LogP contribution is -2.15. The van der Waals surface area contributed by atoms with E-state index in [1.165, 1.54) is 6.33 Å². The summed E-state index contributed by atoms with van der Waals surface area (Å²) in [6.07, 6.45) is 1.54. The highest BCUT2D eigenvalue weighted by Gasteiger charge is 2.21. The number of benzene rings is 1. The van der Waals surface area contributed by atoms with Crippen molar-refractivity contribution in [1.82, 2.24) is 9.97 Å². The first-order valence-electron chi connectivity index (χ1n) is 7.97. The Morgan fingerprint density at radius 1 is 1.50 bits per heavy atom. The summed E-state index contributed by atoms with van der Waals surface area (Å²) in [5.74, 6) is 1.31. The summed E-state index contributed by atoms with van der Waals surface area (Å²) in [5.41, 5.74) is 8.97. The Bertz CT molecular complexity index is 890. The summed E-state index contributed by atoms with van der Waals surface area (Å²) in [6, 6.07) is 3.71. The number of methoxy groups -OCH3 is 1. The Morgan fingerprint density at radius 2 is 2.19 bits per heavy atom. The fourth-order valence-corrected chi connectivity index (χ4v) is 3.05. The maximum absolute atomic E-state index is 9.13. The molecule has 26 heavy (non-hydrogen) atoms. The summed E-state index contributed by atoms with van der Waals surface area (Å²) in [6.45, 7) is 5.40. The van der Waals surface area contributed by atoms with E-state index in [2.05, 4.69) is 21.4 Å². The van der Waals surface area contributed by atoms with Crippen molar-refractivity contribution in [3.63, 3.8) is 0 Å². The summed E-state index contributed by atoms with van der Waals surface area (Å²) >= 11 is 6.37. The number of nitrogen functional groups attached to an aromatic ring is 1. The maximum Gasteiger partial charge on any atom is 0.141 e. The molecule has 8 heteroatoms. The van der Waals surface area contributed by atoms with Crippen molar-refractivity contribution in [2.45, 2.75) is 33.2 Å². The number of ether oxygens (including phenoxy) is 1. The minimum Gasteiger partial charge on any atom is -0.496 e. The molecule has 0 aliphatic rings. The molecule has 1 unspecified atom stereocenters. The Labute approximate surface area is 157 Å². The highest BCUT2D eigenvalue weighted by Crippen LogP contribution is 2.37. The number of nitriles is 1. The number of nitrogens with two attached hydrogens (primary N) is 1. The standard InChI is InChI=1S/C18H21ClN6O/c1-9-12(5-6-20)16(26-4)13(7-14(9)19)11(3)25-18-15(10(2)21)17(22)23-8-24-18/h7-8,11,21H,5H2,1-4H3,(H3,22,23,24,25). The van der Waals surface area contributed by atoms with Gasteiger partial charge in [-0.2, -0.15) is 5.26 Å². The molecular formula is C18H21ClN6O. The minimum absolute atomic E-state index is 0.195. The number of rotatable bonds is 6. The highest BCUT2D eigenvalue weighted by atomic mass is 35.5. The van der Waals surface area contributed by atoms with E-state index in [-0.39, 0.29) is 24.0 Å². The van der Waals surface area contributed by atoms with Crippen molar-refractivity contribution in [3.8, 4) is 11.8 Å². The third-order valence-corrected chi connectivity index (χ3v) is 4.55. The molecule has 0 aliphatic heterocycles. The summed E-state index contributed by atoms with van der Waals surface area (Å²) in [4.78, 5) is 8.15. The van der Waals surface area contributed by atoms with Crippen LogP contribution in [0.15, 0.2) is 12.4 Å². The van der Waals surface area contributed by atoms with Gasteiger partial charge in [0.2, 0.25) is 0 Å². The predicted molar refractivity (Wildman–Crippen MR) is 103 cm³/mol. The van der Waals surface area contributed by atoms with Gasteiger partial charge in [-0.15, -0.1) is 0 Å². The number of hydrogen-bond donors (Lipinski definition) is 3. The van der Waals surface area contributed by atoms with Gasteiger partial charge in [0.1, 0.15) is 23.7 Å². The molecule has 0 amide bonds. The normalized spacial score (nSPS) is 11.5. The molecule has 2 aromatic rings. The molecule has 1 aromatic heterocycles. The van der Waals surface area contributed by atoms with Crippen LogP contribution < -0.4 is 15.8 Å². The lowest BCUT2D eigenvalue weighted by atomic mass is 9.97. The average Bonchev–Trinajstić information content (AvgIpc) is 2.58. The Morgan fingerprint density at radius 3 is 2.77 bits per heavy atom. The number of aromatic nitrogens is 2. The minimum atomic E-state index is -0.257. The second-order valence-electron chi connectivity index (χ2n) is 5.89. The molecule has 1 heterocycles. The van der Waals surface area contributed by atoms with E-state index in [4.69, 9.17) is 32.7 Å². The SMILES string of the molecule is COc1c(C(C)Nc2ncnc(N)c2C(C)=N)cc(Cl)c(C)c1CC#N. The first-order chi connectivity index (χ1) is 12.3. The van der Waals surface area contributed by atoms with Crippen LogP contribution in [0.3, 0.4) is 0 Å². The number of anilines is 2. The first kappa shape index (κ1) is 19.5. The average molecular weight is 373 g/mol. The first-order valence-corrected chi connectivity index (χ1v) is 8.34. The van der Waals surface area contributed by atoms with Crippen LogP contribution >= 0.6 is 11.6 Å². The van der Waals surface area contributed by atoms with E-state index in [1.54, 1.807) is 14.0 Å². The molecule has 0 saturated heterocycles. The number of hydrogen-bond acceptors (Lipinski definition) is 7. The molecule has 136 valence electrons. The molecule has 0 spiro atoms. The zero-order valence-corrected chi connectivity index (χ0v) is 15.9. The van der Waals surface area contributed by atoms with E-state index in [0.717, 1.165) is 16.7 Å². The topological polar surface area (TPSA) is 121 Å². The van der Waals surface area contributed by atoms with Crippen molar-refractivity contribution < 1.29 is 4.74 Å². The van der Waals surface area contributed by atoms with Gasteiger partial charge in [0.15, 0.2) is 0 Å². The fourth-order valence-electron chi connectivity index (χ4n) is 2.81. The van der Waals surface area contributed by atoms with Crippen LogP contribution in [0.25, 0.3) is 0 Å². The summed E-state index contributed by atoms with van der Waals surface area (Å²) < 4.78 is 5.58. The molecule has 7 nitrogen and oxygen atoms in total. The van der Waals surface area contributed by atoms with Crippen LogP contribution in [0, 0.1) is 23.7 Å². The van der Waals surface area contributed by atoms with Gasteiger partial charge in [-0.1, -0.05) is 11.6 Å². The van der Waals surface area contributed by atoms with Crippen molar-refractivity contribution in [1.29, 1.82) is 10.7 Å². The van der Waals surface area contributed by atoms with Gasteiger partial charge in [-0.25, -0.2) is 9.97 Å². The van der Waals surface area contributed by atoms with E-state index in [0.29, 0.717) is 22.2 Å². The van der Waals surface area contributed by atoms with Crippen LogP contribution in [0.5, 0.6) is 5.75 Å². The zero-order valence-electron chi connectivity index (χ0n) is 15.1. The van der Waals surface area contributed by atoms with Gasteiger partial charge in [-0.3, -0.25) is 0 Å². The lowest BCUT2D eigenvalue weighted by Gasteiger charge is -2.22. The number of nitrogens with one attached hydrogen (secondary N) is 2. The van der Waals surface area contributed by atoms with Gasteiger partial charge in [0.05, 0.1) is 31.2 Å². The quantitative estimate of drug-likeness (QED) is 0.665. The molecule has 0 saturated carbocycles. The molecule has 0 radical (unpaired) electrons. The molecule has 4 N–H and O–H groups in total. The lowest BCUT2D eigenvalue weighted by molar-refractivity contribution is 0.403. The fraction of sp³-hybridized carbons (Fsp3) is 0.333. The van der Waals surface area contributed by atoms with Gasteiger partial charge in [0, 0.05) is 21.9 Å². The van der Waals surface area contributed by atoms with Gasteiger partial charge >= 0.3 is 0 Å². The van der Waals surface area contributed by atoms with E-state index >= 15 is 0 Å². The monoisotopic (exact) mass is 372 g/mol. The largest absolute Gasteiger partial charge is 0.496 e. The summed E-state index contributed by atoms with van der Waals surface area (Å²) in [7, 11) is 1.57.